The molecule has 3 rings (SSSR count). The number of piperazine rings is 1. The van der Waals surface area contributed by atoms with Crippen molar-refractivity contribution in [2.75, 3.05) is 39.8 Å². The van der Waals surface area contributed by atoms with Crippen molar-refractivity contribution in [3.63, 3.8) is 0 Å². The molecule has 0 saturated carbocycles. The Morgan fingerprint density at radius 3 is 2.39 bits per heavy atom. The number of benzene rings is 2. The van der Waals surface area contributed by atoms with Crippen molar-refractivity contribution in [2.45, 2.75) is 13.2 Å². The number of hydrogen-bond donors (Lipinski definition) is 0. The quantitative estimate of drug-likeness (QED) is 0.647. The largest absolute Gasteiger partial charge is 0.435 e. The molecule has 2 aromatic carbocycles. The molecule has 1 saturated heterocycles. The van der Waals surface area contributed by atoms with Crippen LogP contribution in [-0.2, 0) is 11.3 Å². The summed E-state index contributed by atoms with van der Waals surface area (Å²) in [5.41, 5.74) is 1.37. The topological polar surface area (TPSA) is 53.1 Å². The number of hydrogen-bond acceptors (Lipinski definition) is 4. The molecule has 0 aromatic heterocycles. The Morgan fingerprint density at radius 2 is 1.77 bits per heavy atom. The third-order valence-electron chi connectivity index (χ3n) is 5.08. The molecule has 0 bridgehead atoms. The minimum atomic E-state index is -2.86. The van der Waals surface area contributed by atoms with Gasteiger partial charge in [-0.25, -0.2) is 0 Å². The van der Waals surface area contributed by atoms with Gasteiger partial charge in [-0.1, -0.05) is 29.8 Å². The first kappa shape index (κ1) is 23.0. The number of nitrogens with zero attached hydrogens (tertiary/aromatic N) is 3. The van der Waals surface area contributed by atoms with Crippen molar-refractivity contribution in [3.8, 4) is 5.75 Å². The van der Waals surface area contributed by atoms with Crippen molar-refractivity contribution in [1.82, 2.24) is 14.7 Å². The normalized spacial score (nSPS) is 14.5. The third kappa shape index (κ3) is 6.63. The van der Waals surface area contributed by atoms with Gasteiger partial charge in [0.25, 0.3) is 5.91 Å². The van der Waals surface area contributed by atoms with Crippen molar-refractivity contribution in [3.05, 3.63) is 64.7 Å². The summed E-state index contributed by atoms with van der Waals surface area (Å²) in [4.78, 5) is 30.5. The van der Waals surface area contributed by atoms with Crippen LogP contribution >= 0.6 is 11.6 Å². The fraction of sp³-hybridized carbons (Fsp3) is 0.364. The average molecular weight is 452 g/mol. The maximum Gasteiger partial charge on any atom is 0.387 e. The number of rotatable bonds is 7. The van der Waals surface area contributed by atoms with E-state index in [1.807, 2.05) is 4.90 Å². The summed E-state index contributed by atoms with van der Waals surface area (Å²) in [5, 5.41) is 0.523. The summed E-state index contributed by atoms with van der Waals surface area (Å²) in [6, 6.07) is 13.1. The molecule has 6 nitrogen and oxygen atoms in total. The van der Waals surface area contributed by atoms with Gasteiger partial charge in [-0.15, -0.1) is 0 Å². The minimum absolute atomic E-state index is 0.0532. The van der Waals surface area contributed by atoms with Gasteiger partial charge in [0.15, 0.2) is 0 Å². The van der Waals surface area contributed by atoms with Crippen LogP contribution in [0.4, 0.5) is 8.78 Å². The zero-order chi connectivity index (χ0) is 22.4. The fourth-order valence-corrected chi connectivity index (χ4v) is 3.55. The molecular weight excluding hydrogens is 428 g/mol. The molecule has 0 radical (unpaired) electrons. The SMILES string of the molecule is CN(Cc1ccc(OC(F)F)cc1)C(=O)CN1CCN(C(=O)c2cccc(Cl)c2)CC1. The van der Waals surface area contributed by atoms with Gasteiger partial charge in [-0.05, 0) is 35.9 Å². The first-order chi connectivity index (χ1) is 14.8. The van der Waals surface area contributed by atoms with Gasteiger partial charge in [0.05, 0.1) is 6.54 Å². The Balaban J connectivity index is 1.45. The highest BCUT2D eigenvalue weighted by atomic mass is 35.5. The van der Waals surface area contributed by atoms with Crippen LogP contribution in [0.25, 0.3) is 0 Å². The average Bonchev–Trinajstić information content (AvgIpc) is 2.74. The molecule has 2 amide bonds. The maximum atomic E-state index is 12.6. The Hall–Kier alpha value is -2.71. The predicted molar refractivity (Wildman–Crippen MR) is 113 cm³/mol. The number of halogens is 3. The highest BCUT2D eigenvalue weighted by molar-refractivity contribution is 6.30. The molecule has 0 N–H and O–H groups in total. The first-order valence-electron chi connectivity index (χ1n) is 9.87. The van der Waals surface area contributed by atoms with Crippen LogP contribution < -0.4 is 4.74 Å². The maximum absolute atomic E-state index is 12.6. The zero-order valence-electron chi connectivity index (χ0n) is 17.1. The van der Waals surface area contributed by atoms with Gasteiger partial charge >= 0.3 is 6.61 Å². The molecule has 9 heteroatoms. The Morgan fingerprint density at radius 1 is 1.10 bits per heavy atom. The van der Waals surface area contributed by atoms with Gasteiger partial charge in [0.2, 0.25) is 5.91 Å². The molecule has 2 aromatic rings. The molecule has 1 fully saturated rings. The van der Waals surface area contributed by atoms with E-state index in [4.69, 9.17) is 11.6 Å². The number of carbonyl (C=O) groups excluding carboxylic acids is 2. The molecule has 31 heavy (non-hydrogen) atoms. The van der Waals surface area contributed by atoms with Crippen molar-refractivity contribution in [1.29, 1.82) is 0 Å². The number of likely N-dealkylation sites (N-methyl/N-ethyl adjacent to an activating group) is 1. The lowest BCUT2D eigenvalue weighted by Gasteiger charge is -2.35. The number of ether oxygens (including phenoxy) is 1. The second kappa shape index (κ2) is 10.5. The second-order valence-corrected chi connectivity index (χ2v) is 7.79. The summed E-state index contributed by atoms with van der Waals surface area (Å²) >= 11 is 5.97. The van der Waals surface area contributed by atoms with Gasteiger partial charge in [-0.3, -0.25) is 14.5 Å². The summed E-state index contributed by atoms with van der Waals surface area (Å²) in [7, 11) is 1.70. The van der Waals surface area contributed by atoms with Gasteiger partial charge in [0.1, 0.15) is 5.75 Å². The molecule has 166 valence electrons. The van der Waals surface area contributed by atoms with E-state index >= 15 is 0 Å². The molecule has 1 heterocycles. The Bertz CT molecular complexity index is 903. The molecule has 1 aliphatic heterocycles. The third-order valence-corrected chi connectivity index (χ3v) is 5.32. The van der Waals surface area contributed by atoms with Gasteiger partial charge < -0.3 is 14.5 Å². The predicted octanol–water partition coefficient (Wildman–Crippen LogP) is 3.36. The summed E-state index contributed by atoms with van der Waals surface area (Å²) < 4.78 is 28.8. The van der Waals surface area contributed by atoms with E-state index in [0.29, 0.717) is 43.3 Å². The lowest BCUT2D eigenvalue weighted by molar-refractivity contribution is -0.132. The Labute approximate surface area is 184 Å². The highest BCUT2D eigenvalue weighted by Gasteiger charge is 2.24. The summed E-state index contributed by atoms with van der Waals surface area (Å²) in [6.07, 6.45) is 0. The number of carbonyl (C=O) groups is 2. The number of amides is 2. The van der Waals surface area contributed by atoms with Crippen LogP contribution in [0.2, 0.25) is 5.02 Å². The molecule has 0 unspecified atom stereocenters. The van der Waals surface area contributed by atoms with Crippen LogP contribution in [-0.4, -0.2) is 72.9 Å². The molecule has 0 atom stereocenters. The zero-order valence-corrected chi connectivity index (χ0v) is 17.9. The highest BCUT2D eigenvalue weighted by Crippen LogP contribution is 2.17. The summed E-state index contributed by atoms with van der Waals surface area (Å²) in [5.74, 6) is -0.0368. The van der Waals surface area contributed by atoms with E-state index < -0.39 is 6.61 Å². The molecule has 0 spiro atoms. The lowest BCUT2D eigenvalue weighted by atomic mass is 10.2. The van der Waals surface area contributed by atoms with Crippen LogP contribution in [0.3, 0.4) is 0 Å². The number of alkyl halides is 2. The Kier molecular flexibility index (Phi) is 7.81. The van der Waals surface area contributed by atoms with Crippen LogP contribution in [0.15, 0.2) is 48.5 Å². The van der Waals surface area contributed by atoms with Crippen molar-refractivity contribution < 1.29 is 23.1 Å². The first-order valence-corrected chi connectivity index (χ1v) is 10.2. The van der Waals surface area contributed by atoms with Crippen LogP contribution in [0.5, 0.6) is 5.75 Å². The van der Waals surface area contributed by atoms with Crippen LogP contribution in [0, 0.1) is 0 Å². The van der Waals surface area contributed by atoms with Crippen molar-refractivity contribution in [2.24, 2.45) is 0 Å². The van der Waals surface area contributed by atoms with E-state index in [1.54, 1.807) is 53.2 Å². The van der Waals surface area contributed by atoms with E-state index in [1.165, 1.54) is 12.1 Å². The van der Waals surface area contributed by atoms with Crippen molar-refractivity contribution >= 4 is 23.4 Å². The molecular formula is C22H24ClF2N3O3. The van der Waals surface area contributed by atoms with Gasteiger partial charge in [-0.2, -0.15) is 8.78 Å². The monoisotopic (exact) mass is 451 g/mol. The molecule has 1 aliphatic rings. The smallest absolute Gasteiger partial charge is 0.387 e. The van der Waals surface area contributed by atoms with E-state index in [2.05, 4.69) is 4.74 Å². The van der Waals surface area contributed by atoms with Gasteiger partial charge in [0, 0.05) is 50.4 Å². The lowest BCUT2D eigenvalue weighted by Crippen LogP contribution is -2.51. The second-order valence-electron chi connectivity index (χ2n) is 7.35. The van der Waals surface area contributed by atoms with E-state index in [9.17, 15) is 18.4 Å². The fourth-order valence-electron chi connectivity index (χ4n) is 3.36. The van der Waals surface area contributed by atoms with E-state index in [-0.39, 0.29) is 24.1 Å². The minimum Gasteiger partial charge on any atom is -0.435 e. The summed E-state index contributed by atoms with van der Waals surface area (Å²) in [6.45, 7) is 0.0266. The van der Waals surface area contributed by atoms with E-state index in [0.717, 1.165) is 5.56 Å². The van der Waals surface area contributed by atoms with Crippen LogP contribution in [0.1, 0.15) is 15.9 Å². The molecule has 0 aliphatic carbocycles. The standard InChI is InChI=1S/C22H24ClF2N3O3/c1-26(14-16-5-7-19(8-6-16)31-22(24)25)20(29)15-27-9-11-28(12-10-27)21(30)17-3-2-4-18(23)13-17/h2-8,13,22H,9-12,14-15H2,1H3.